The van der Waals surface area contributed by atoms with Crippen molar-refractivity contribution in [1.29, 1.82) is 0 Å². The summed E-state index contributed by atoms with van der Waals surface area (Å²) in [5, 5.41) is 0.619. The highest BCUT2D eigenvalue weighted by Crippen LogP contribution is 2.29. The van der Waals surface area contributed by atoms with E-state index in [1.807, 2.05) is 24.3 Å². The number of hydrogen-bond donors (Lipinski definition) is 0. The van der Waals surface area contributed by atoms with Crippen LogP contribution in [0.15, 0.2) is 51.9 Å². The molecule has 0 saturated carbocycles. The first-order chi connectivity index (χ1) is 11.2. The molecule has 1 aliphatic heterocycles. The number of rotatable bonds is 3. The maximum Gasteiger partial charge on any atom is 0.335 e. The standard InChI is InChI=1S/C16H12N2O4S/c19-14-6-5-10(9-21-14)15(20)18-7-11(8-18)22-16-17-12-3-1-2-4-13(12)23-16/h1-6,9,11H,7-8H2. The van der Waals surface area contributed by atoms with Crippen LogP contribution >= 0.6 is 11.3 Å². The monoisotopic (exact) mass is 328 g/mol. The van der Waals surface area contributed by atoms with E-state index in [2.05, 4.69) is 4.98 Å². The van der Waals surface area contributed by atoms with Crippen molar-refractivity contribution in [3.05, 3.63) is 58.6 Å². The number of nitrogens with zero attached hydrogens (tertiary/aromatic N) is 2. The summed E-state index contributed by atoms with van der Waals surface area (Å²) in [6, 6.07) is 10.6. The summed E-state index contributed by atoms with van der Waals surface area (Å²) in [6.45, 7) is 0.988. The zero-order valence-electron chi connectivity index (χ0n) is 12.0. The average molecular weight is 328 g/mol. The third-order valence-corrected chi connectivity index (χ3v) is 4.55. The Morgan fingerprint density at radius 3 is 2.83 bits per heavy atom. The molecular formula is C16H12N2O4S. The molecule has 1 fully saturated rings. The van der Waals surface area contributed by atoms with Gasteiger partial charge in [-0.1, -0.05) is 23.5 Å². The Labute approximate surface area is 134 Å². The molecule has 2 aromatic heterocycles. The molecule has 3 heterocycles. The van der Waals surface area contributed by atoms with E-state index < -0.39 is 5.63 Å². The molecule has 0 N–H and O–H groups in total. The topological polar surface area (TPSA) is 72.6 Å². The highest BCUT2D eigenvalue weighted by Gasteiger charge is 2.33. The maximum atomic E-state index is 12.2. The molecule has 4 rings (SSSR count). The summed E-state index contributed by atoms with van der Waals surface area (Å²) in [4.78, 5) is 29.1. The van der Waals surface area contributed by atoms with E-state index in [4.69, 9.17) is 9.15 Å². The number of likely N-dealkylation sites (tertiary alicyclic amines) is 1. The molecule has 0 radical (unpaired) electrons. The predicted molar refractivity (Wildman–Crippen MR) is 84.9 cm³/mol. The lowest BCUT2D eigenvalue weighted by atomic mass is 10.1. The fourth-order valence-electron chi connectivity index (χ4n) is 2.38. The molecule has 1 aromatic carbocycles. The average Bonchev–Trinajstić information content (AvgIpc) is 2.93. The van der Waals surface area contributed by atoms with Crippen LogP contribution in [-0.2, 0) is 0 Å². The second-order valence-electron chi connectivity index (χ2n) is 5.24. The zero-order chi connectivity index (χ0) is 15.8. The van der Waals surface area contributed by atoms with Gasteiger partial charge in [0.25, 0.3) is 11.1 Å². The number of thiazole rings is 1. The molecular weight excluding hydrogens is 316 g/mol. The summed E-state index contributed by atoms with van der Waals surface area (Å²) >= 11 is 1.50. The molecule has 1 aliphatic rings. The van der Waals surface area contributed by atoms with Gasteiger partial charge in [0.1, 0.15) is 12.4 Å². The van der Waals surface area contributed by atoms with Gasteiger partial charge in [-0.3, -0.25) is 4.79 Å². The highest BCUT2D eigenvalue weighted by molar-refractivity contribution is 7.20. The van der Waals surface area contributed by atoms with Crippen LogP contribution in [0, 0.1) is 0 Å². The first-order valence-corrected chi connectivity index (χ1v) is 7.91. The van der Waals surface area contributed by atoms with Crippen LogP contribution in [0.2, 0.25) is 0 Å². The van der Waals surface area contributed by atoms with Gasteiger partial charge >= 0.3 is 5.63 Å². The lowest BCUT2D eigenvalue weighted by Crippen LogP contribution is -2.56. The number of para-hydroxylation sites is 1. The van der Waals surface area contributed by atoms with Crippen molar-refractivity contribution in [2.24, 2.45) is 0 Å². The van der Waals surface area contributed by atoms with Crippen molar-refractivity contribution < 1.29 is 13.9 Å². The molecule has 23 heavy (non-hydrogen) atoms. The third kappa shape index (κ3) is 2.70. The van der Waals surface area contributed by atoms with Gasteiger partial charge in [-0.2, -0.15) is 0 Å². The van der Waals surface area contributed by atoms with E-state index in [1.54, 1.807) is 4.90 Å². The summed E-state index contributed by atoms with van der Waals surface area (Å²) in [5.74, 6) is -0.169. The second-order valence-corrected chi connectivity index (χ2v) is 6.23. The second kappa shape index (κ2) is 5.51. The van der Waals surface area contributed by atoms with Crippen LogP contribution in [0.3, 0.4) is 0 Å². The Morgan fingerprint density at radius 2 is 2.09 bits per heavy atom. The molecule has 0 aliphatic carbocycles. The van der Waals surface area contributed by atoms with Gasteiger partial charge in [0.05, 0.1) is 28.9 Å². The van der Waals surface area contributed by atoms with Crippen LogP contribution < -0.4 is 10.4 Å². The van der Waals surface area contributed by atoms with Crippen LogP contribution in [-0.4, -0.2) is 35.0 Å². The SMILES string of the molecule is O=C(c1ccc(=O)oc1)N1CC(Oc2nc3ccccc3s2)C1. The smallest absolute Gasteiger partial charge is 0.335 e. The van der Waals surface area contributed by atoms with E-state index in [0.717, 1.165) is 10.2 Å². The van der Waals surface area contributed by atoms with Gasteiger partial charge in [0.15, 0.2) is 0 Å². The Kier molecular flexibility index (Phi) is 3.34. The minimum Gasteiger partial charge on any atom is -0.463 e. The van der Waals surface area contributed by atoms with E-state index in [-0.39, 0.29) is 12.0 Å². The van der Waals surface area contributed by atoms with Crippen LogP contribution in [0.25, 0.3) is 10.2 Å². The number of carbonyl (C=O) groups excluding carboxylic acids is 1. The lowest BCUT2D eigenvalue weighted by molar-refractivity contribution is 0.0176. The van der Waals surface area contributed by atoms with Gasteiger partial charge in [0, 0.05) is 6.07 Å². The molecule has 0 unspecified atom stereocenters. The first kappa shape index (κ1) is 14.0. The summed E-state index contributed by atoms with van der Waals surface area (Å²) < 4.78 is 11.6. The van der Waals surface area contributed by atoms with Crippen molar-refractivity contribution in [1.82, 2.24) is 9.88 Å². The van der Waals surface area contributed by atoms with Gasteiger partial charge in [-0.25, -0.2) is 9.78 Å². The van der Waals surface area contributed by atoms with Gasteiger partial charge in [0.2, 0.25) is 0 Å². The summed E-state index contributed by atoms with van der Waals surface area (Å²) in [7, 11) is 0. The van der Waals surface area contributed by atoms with Crippen LogP contribution in [0.1, 0.15) is 10.4 Å². The number of carbonyl (C=O) groups is 1. The van der Waals surface area contributed by atoms with Gasteiger partial charge < -0.3 is 14.1 Å². The minimum atomic E-state index is -0.470. The van der Waals surface area contributed by atoms with Crippen molar-refractivity contribution in [3.8, 4) is 5.19 Å². The normalized spacial score (nSPS) is 14.7. The van der Waals surface area contributed by atoms with E-state index in [9.17, 15) is 9.59 Å². The minimum absolute atomic E-state index is 0.0600. The fraction of sp³-hybridized carbons (Fsp3) is 0.188. The van der Waals surface area contributed by atoms with Gasteiger partial charge in [-0.05, 0) is 18.2 Å². The Balaban J connectivity index is 1.38. The Bertz CT molecular complexity index is 873. The Hall–Kier alpha value is -2.67. The highest BCUT2D eigenvalue weighted by atomic mass is 32.1. The maximum absolute atomic E-state index is 12.2. The molecule has 0 bridgehead atoms. The number of benzene rings is 1. The van der Waals surface area contributed by atoms with E-state index in [0.29, 0.717) is 23.8 Å². The molecule has 3 aromatic rings. The van der Waals surface area contributed by atoms with Crippen molar-refractivity contribution in [2.75, 3.05) is 13.1 Å². The number of fused-ring (bicyclic) bond motifs is 1. The molecule has 0 spiro atoms. The molecule has 1 amide bonds. The third-order valence-electron chi connectivity index (χ3n) is 3.62. The van der Waals surface area contributed by atoms with Crippen molar-refractivity contribution >= 4 is 27.5 Å². The zero-order valence-corrected chi connectivity index (χ0v) is 12.8. The molecule has 116 valence electrons. The summed E-state index contributed by atoms with van der Waals surface area (Å²) in [5.41, 5.74) is 0.810. The van der Waals surface area contributed by atoms with Crippen molar-refractivity contribution in [3.63, 3.8) is 0 Å². The van der Waals surface area contributed by atoms with Crippen LogP contribution in [0.4, 0.5) is 0 Å². The van der Waals surface area contributed by atoms with Crippen molar-refractivity contribution in [2.45, 2.75) is 6.10 Å². The van der Waals surface area contributed by atoms with E-state index >= 15 is 0 Å². The number of aromatic nitrogens is 1. The fourth-order valence-corrected chi connectivity index (χ4v) is 3.27. The van der Waals surface area contributed by atoms with Crippen LogP contribution in [0.5, 0.6) is 5.19 Å². The molecule has 6 nitrogen and oxygen atoms in total. The number of ether oxygens (including phenoxy) is 1. The largest absolute Gasteiger partial charge is 0.463 e. The quantitative estimate of drug-likeness (QED) is 0.736. The predicted octanol–water partition coefficient (Wildman–Crippen LogP) is 2.15. The molecule has 0 atom stereocenters. The lowest BCUT2D eigenvalue weighted by Gasteiger charge is -2.38. The molecule has 1 saturated heterocycles. The van der Waals surface area contributed by atoms with Gasteiger partial charge in [-0.15, -0.1) is 0 Å². The Morgan fingerprint density at radius 1 is 1.26 bits per heavy atom. The molecule has 7 heteroatoms. The number of hydrogen-bond acceptors (Lipinski definition) is 6. The summed E-state index contributed by atoms with van der Waals surface area (Å²) in [6.07, 6.45) is 1.13. The number of amides is 1. The first-order valence-electron chi connectivity index (χ1n) is 7.09. The van der Waals surface area contributed by atoms with E-state index in [1.165, 1.54) is 29.7 Å².